The van der Waals surface area contributed by atoms with Gasteiger partial charge in [-0.25, -0.2) is 9.78 Å². The van der Waals surface area contributed by atoms with Gasteiger partial charge in [-0.15, -0.1) is 0 Å². The third-order valence-electron chi connectivity index (χ3n) is 6.27. The second-order valence-electron chi connectivity index (χ2n) is 8.71. The molecule has 1 aromatic carbocycles. The summed E-state index contributed by atoms with van der Waals surface area (Å²) in [7, 11) is -3.86. The Labute approximate surface area is 199 Å². The van der Waals surface area contributed by atoms with Crippen LogP contribution in [0.3, 0.4) is 0 Å². The highest BCUT2D eigenvalue weighted by atomic mass is 32.2. The number of rotatable bonds is 7. The zero-order valence-corrected chi connectivity index (χ0v) is 20.1. The first-order chi connectivity index (χ1) is 16.4. The molecule has 7 nitrogen and oxygen atoms in total. The van der Waals surface area contributed by atoms with Gasteiger partial charge in [0.2, 0.25) is 0 Å². The van der Waals surface area contributed by atoms with E-state index in [-0.39, 0.29) is 16.3 Å². The number of anilines is 1. The van der Waals surface area contributed by atoms with Crippen LogP contribution in [0.4, 0.5) is 5.69 Å². The summed E-state index contributed by atoms with van der Waals surface area (Å²) in [6, 6.07) is 11.6. The zero-order chi connectivity index (χ0) is 24.1. The summed E-state index contributed by atoms with van der Waals surface area (Å²) in [5.74, 6) is 0.209. The summed E-state index contributed by atoms with van der Waals surface area (Å²) in [5, 5.41) is 11.1. The molecule has 4 rings (SSSR count). The van der Waals surface area contributed by atoms with Gasteiger partial charge < -0.3 is 9.52 Å². The van der Waals surface area contributed by atoms with E-state index in [0.29, 0.717) is 30.7 Å². The lowest BCUT2D eigenvalue weighted by atomic mass is 9.85. The van der Waals surface area contributed by atoms with Crippen LogP contribution in [-0.2, 0) is 22.9 Å². The highest BCUT2D eigenvalue weighted by Crippen LogP contribution is 2.38. The minimum absolute atomic E-state index is 0.0334. The number of pyridine rings is 1. The standard InChI is InChI=1S/C26H30N2O5S/c1-2-10-20(24-25(29)21-13-5-3-4-6-14-22(21)33-26(24)30)18-11-9-12-19(17-18)28-34(31,32)23-15-7-8-16-27-23/h7-9,11-12,15-17,20,28-29H,2-6,10,13-14H2,1H3. The first-order valence-corrected chi connectivity index (χ1v) is 13.3. The molecule has 2 aromatic heterocycles. The Bertz CT molecular complexity index is 1300. The second kappa shape index (κ2) is 10.4. The summed E-state index contributed by atoms with van der Waals surface area (Å²) in [6.45, 7) is 2.01. The predicted molar refractivity (Wildman–Crippen MR) is 131 cm³/mol. The van der Waals surface area contributed by atoms with Crippen molar-refractivity contribution in [2.75, 3.05) is 4.72 Å². The van der Waals surface area contributed by atoms with Crippen LogP contribution in [0.15, 0.2) is 62.9 Å². The molecular weight excluding hydrogens is 452 g/mol. The quantitative estimate of drug-likeness (QED) is 0.483. The van der Waals surface area contributed by atoms with Crippen LogP contribution in [0.2, 0.25) is 0 Å². The molecular formula is C26H30N2O5S. The van der Waals surface area contributed by atoms with Crippen molar-refractivity contribution in [2.45, 2.75) is 69.2 Å². The van der Waals surface area contributed by atoms with Gasteiger partial charge in [0.25, 0.3) is 10.0 Å². The molecule has 0 fully saturated rings. The van der Waals surface area contributed by atoms with Gasteiger partial charge >= 0.3 is 5.63 Å². The van der Waals surface area contributed by atoms with Crippen LogP contribution in [0.25, 0.3) is 0 Å². The van der Waals surface area contributed by atoms with Gasteiger partial charge in [0.05, 0.1) is 5.56 Å². The van der Waals surface area contributed by atoms with E-state index in [2.05, 4.69) is 9.71 Å². The van der Waals surface area contributed by atoms with Gasteiger partial charge in [-0.05, 0) is 55.5 Å². The van der Waals surface area contributed by atoms with Gasteiger partial charge in [-0.3, -0.25) is 4.72 Å². The van der Waals surface area contributed by atoms with Crippen molar-refractivity contribution in [3.63, 3.8) is 0 Å². The van der Waals surface area contributed by atoms with Crippen LogP contribution in [0, 0.1) is 0 Å². The van der Waals surface area contributed by atoms with Gasteiger partial charge in [-0.1, -0.05) is 44.4 Å². The van der Waals surface area contributed by atoms with Gasteiger partial charge in [0, 0.05) is 29.8 Å². The van der Waals surface area contributed by atoms with Crippen LogP contribution in [0.1, 0.15) is 73.8 Å². The zero-order valence-electron chi connectivity index (χ0n) is 19.3. The number of sulfonamides is 1. The number of nitrogens with one attached hydrogen (secondary N) is 1. The van der Waals surface area contributed by atoms with Crippen molar-refractivity contribution >= 4 is 15.7 Å². The summed E-state index contributed by atoms with van der Waals surface area (Å²) in [6.07, 6.45) is 8.18. The van der Waals surface area contributed by atoms with Crippen molar-refractivity contribution in [2.24, 2.45) is 0 Å². The van der Waals surface area contributed by atoms with E-state index < -0.39 is 21.6 Å². The average Bonchev–Trinajstić information content (AvgIpc) is 2.80. The summed E-state index contributed by atoms with van der Waals surface area (Å²) in [5.41, 5.74) is 1.57. The molecule has 3 aromatic rings. The fourth-order valence-corrected chi connectivity index (χ4v) is 5.63. The molecule has 0 aliphatic heterocycles. The van der Waals surface area contributed by atoms with Gasteiger partial charge in [0.1, 0.15) is 11.5 Å². The van der Waals surface area contributed by atoms with Crippen molar-refractivity contribution in [1.82, 2.24) is 4.98 Å². The molecule has 2 N–H and O–H groups in total. The lowest BCUT2D eigenvalue weighted by molar-refractivity contribution is 0.383. The number of aryl methyl sites for hydroxylation is 1. The molecule has 0 amide bonds. The lowest BCUT2D eigenvalue weighted by Crippen LogP contribution is -2.18. The number of aromatic nitrogens is 1. The number of hydrogen-bond acceptors (Lipinski definition) is 6. The van der Waals surface area contributed by atoms with E-state index in [1.54, 1.807) is 30.3 Å². The third kappa shape index (κ3) is 5.17. The molecule has 1 atom stereocenters. The molecule has 0 saturated heterocycles. The van der Waals surface area contributed by atoms with Crippen molar-refractivity contribution in [1.29, 1.82) is 0 Å². The molecule has 34 heavy (non-hydrogen) atoms. The highest BCUT2D eigenvalue weighted by molar-refractivity contribution is 7.92. The fraction of sp³-hybridized carbons (Fsp3) is 0.385. The van der Waals surface area contributed by atoms with Gasteiger partial charge in [-0.2, -0.15) is 8.42 Å². The number of benzene rings is 1. The summed E-state index contributed by atoms with van der Waals surface area (Å²) < 4.78 is 33.8. The van der Waals surface area contributed by atoms with E-state index in [1.807, 2.05) is 13.0 Å². The second-order valence-corrected chi connectivity index (χ2v) is 10.3. The maximum Gasteiger partial charge on any atom is 0.343 e. The highest BCUT2D eigenvalue weighted by Gasteiger charge is 2.27. The first kappa shape index (κ1) is 24.0. The predicted octanol–water partition coefficient (Wildman–Crippen LogP) is 5.13. The Morgan fingerprint density at radius 2 is 1.88 bits per heavy atom. The summed E-state index contributed by atoms with van der Waals surface area (Å²) in [4.78, 5) is 17.0. The Kier molecular flexibility index (Phi) is 7.36. The fourth-order valence-electron chi connectivity index (χ4n) is 4.63. The molecule has 2 heterocycles. The Hall–Kier alpha value is -3.13. The molecule has 0 spiro atoms. The molecule has 8 heteroatoms. The van der Waals surface area contributed by atoms with Crippen molar-refractivity contribution in [3.8, 4) is 5.75 Å². The van der Waals surface area contributed by atoms with E-state index in [9.17, 15) is 18.3 Å². The van der Waals surface area contributed by atoms with E-state index in [1.165, 1.54) is 12.3 Å². The molecule has 0 bridgehead atoms. The molecule has 0 saturated carbocycles. The number of nitrogens with zero attached hydrogens (tertiary/aromatic N) is 1. The van der Waals surface area contributed by atoms with Gasteiger partial charge in [0.15, 0.2) is 5.03 Å². The number of fused-ring (bicyclic) bond motifs is 1. The monoisotopic (exact) mass is 482 g/mol. The van der Waals surface area contributed by atoms with Crippen molar-refractivity contribution < 1.29 is 17.9 Å². The lowest BCUT2D eigenvalue weighted by Gasteiger charge is -2.21. The normalized spacial score (nSPS) is 15.1. The van der Waals surface area contributed by atoms with Crippen LogP contribution in [0.5, 0.6) is 5.75 Å². The molecule has 0 radical (unpaired) electrons. The molecule has 1 aliphatic rings. The van der Waals surface area contributed by atoms with Crippen LogP contribution < -0.4 is 10.3 Å². The van der Waals surface area contributed by atoms with E-state index in [4.69, 9.17) is 4.42 Å². The van der Waals surface area contributed by atoms with E-state index >= 15 is 0 Å². The topological polar surface area (TPSA) is 110 Å². The third-order valence-corrected chi connectivity index (χ3v) is 7.57. The SMILES string of the molecule is CCCC(c1cccc(NS(=O)(=O)c2ccccn2)c1)c1c(O)c2c(oc1=O)CCCCCC2. The minimum Gasteiger partial charge on any atom is -0.507 e. The average molecular weight is 483 g/mol. The molecule has 1 unspecified atom stereocenters. The minimum atomic E-state index is -3.86. The molecule has 180 valence electrons. The summed E-state index contributed by atoms with van der Waals surface area (Å²) >= 11 is 0. The Morgan fingerprint density at radius 1 is 1.09 bits per heavy atom. The number of hydrogen-bond donors (Lipinski definition) is 2. The largest absolute Gasteiger partial charge is 0.507 e. The van der Waals surface area contributed by atoms with Crippen LogP contribution >= 0.6 is 0 Å². The van der Waals surface area contributed by atoms with Crippen LogP contribution in [-0.4, -0.2) is 18.5 Å². The maximum absolute atomic E-state index is 13.1. The Morgan fingerprint density at radius 3 is 2.62 bits per heavy atom. The first-order valence-electron chi connectivity index (χ1n) is 11.8. The van der Waals surface area contributed by atoms with Crippen molar-refractivity contribution in [3.05, 3.63) is 81.5 Å². The molecule has 1 aliphatic carbocycles. The number of aromatic hydroxyl groups is 1. The van der Waals surface area contributed by atoms with E-state index in [0.717, 1.165) is 43.2 Å². The maximum atomic E-state index is 13.1. The Balaban J connectivity index is 1.73. The smallest absolute Gasteiger partial charge is 0.343 e.